The Morgan fingerprint density at radius 1 is 1.50 bits per heavy atom. The van der Waals surface area contributed by atoms with E-state index in [4.69, 9.17) is 0 Å². The average Bonchev–Trinajstić information content (AvgIpc) is 2.50. The predicted molar refractivity (Wildman–Crippen MR) is 59.9 cm³/mol. The first-order valence-corrected chi connectivity index (χ1v) is 5.46. The molecule has 1 saturated heterocycles. The molecule has 1 N–H and O–H groups in total. The van der Waals surface area contributed by atoms with Crippen molar-refractivity contribution in [1.29, 1.82) is 0 Å². The second-order valence-electron chi connectivity index (χ2n) is 4.56. The minimum Gasteiger partial charge on any atom is -0.392 e. The maximum absolute atomic E-state index is 9.76. The first-order chi connectivity index (χ1) is 6.61. The lowest BCUT2D eigenvalue weighted by molar-refractivity contribution is 0.107. The predicted octanol–water partition coefficient (Wildman–Crippen LogP) is 1.17. The lowest BCUT2D eigenvalue weighted by Gasteiger charge is -2.20. The van der Waals surface area contributed by atoms with Crippen LogP contribution in [0.3, 0.4) is 0 Å². The zero-order valence-electron chi connectivity index (χ0n) is 9.53. The van der Waals surface area contributed by atoms with Gasteiger partial charge in [0.25, 0.3) is 0 Å². The largest absolute Gasteiger partial charge is 0.392 e. The summed E-state index contributed by atoms with van der Waals surface area (Å²) >= 11 is 0. The van der Waals surface area contributed by atoms with Crippen LogP contribution in [0.2, 0.25) is 0 Å². The van der Waals surface area contributed by atoms with Crippen LogP contribution in [0.1, 0.15) is 26.7 Å². The van der Waals surface area contributed by atoms with Gasteiger partial charge >= 0.3 is 0 Å². The minimum absolute atomic E-state index is 0.175. The minimum atomic E-state index is -0.175. The first kappa shape index (κ1) is 11.7. The normalized spacial score (nSPS) is 23.6. The van der Waals surface area contributed by atoms with Crippen LogP contribution in [0, 0.1) is 5.92 Å². The van der Waals surface area contributed by atoms with E-state index in [-0.39, 0.29) is 6.10 Å². The van der Waals surface area contributed by atoms with Gasteiger partial charge in [-0.1, -0.05) is 13.8 Å². The standard InChI is InChI=1S/C11H22N2O/c1-9(2)6-11(14)8-13-5-4-10(7-13)12-3/h9,11,14H,4-8H2,1-3H3. The zero-order valence-corrected chi connectivity index (χ0v) is 9.53. The van der Waals surface area contributed by atoms with E-state index < -0.39 is 0 Å². The highest BCUT2D eigenvalue weighted by Gasteiger charge is 2.20. The van der Waals surface area contributed by atoms with Gasteiger partial charge in [-0.15, -0.1) is 0 Å². The highest BCUT2D eigenvalue weighted by Crippen LogP contribution is 2.10. The molecule has 1 atom stereocenters. The monoisotopic (exact) mass is 198 g/mol. The molecule has 0 aromatic rings. The molecule has 3 nitrogen and oxygen atoms in total. The van der Waals surface area contributed by atoms with Crippen molar-refractivity contribution in [2.24, 2.45) is 10.9 Å². The maximum Gasteiger partial charge on any atom is 0.0669 e. The van der Waals surface area contributed by atoms with Crippen LogP contribution in [0.5, 0.6) is 0 Å². The van der Waals surface area contributed by atoms with E-state index >= 15 is 0 Å². The van der Waals surface area contributed by atoms with Crippen molar-refractivity contribution in [3.05, 3.63) is 0 Å². The van der Waals surface area contributed by atoms with Gasteiger partial charge < -0.3 is 5.11 Å². The van der Waals surface area contributed by atoms with Gasteiger partial charge in [0.1, 0.15) is 0 Å². The maximum atomic E-state index is 9.76. The molecule has 1 aliphatic rings. The van der Waals surface area contributed by atoms with E-state index in [1.807, 2.05) is 7.05 Å². The molecule has 1 aliphatic heterocycles. The summed E-state index contributed by atoms with van der Waals surface area (Å²) in [6, 6.07) is 0. The average molecular weight is 198 g/mol. The summed E-state index contributed by atoms with van der Waals surface area (Å²) in [5.74, 6) is 0.576. The second kappa shape index (κ2) is 5.47. The van der Waals surface area contributed by atoms with E-state index in [0.29, 0.717) is 5.92 Å². The summed E-state index contributed by atoms with van der Waals surface area (Å²) in [4.78, 5) is 6.49. The molecule has 1 fully saturated rings. The summed E-state index contributed by atoms with van der Waals surface area (Å²) in [5.41, 5.74) is 1.27. The van der Waals surface area contributed by atoms with E-state index in [0.717, 1.165) is 32.5 Å². The molecule has 0 saturated carbocycles. The van der Waals surface area contributed by atoms with Gasteiger partial charge in [-0.05, 0) is 18.8 Å². The van der Waals surface area contributed by atoms with Crippen LogP contribution in [-0.2, 0) is 0 Å². The molecule has 1 unspecified atom stereocenters. The summed E-state index contributed by atoms with van der Waals surface area (Å²) in [6.07, 6.45) is 1.80. The third-order valence-electron chi connectivity index (χ3n) is 2.65. The number of hydrogen-bond acceptors (Lipinski definition) is 3. The van der Waals surface area contributed by atoms with Crippen LogP contribution in [0.4, 0.5) is 0 Å². The molecule has 1 heterocycles. The Labute approximate surface area is 86.8 Å². The van der Waals surface area contributed by atoms with Crippen LogP contribution < -0.4 is 0 Å². The van der Waals surface area contributed by atoms with Gasteiger partial charge in [-0.25, -0.2) is 0 Å². The van der Waals surface area contributed by atoms with E-state index in [1.54, 1.807) is 0 Å². The first-order valence-electron chi connectivity index (χ1n) is 5.46. The molecule has 0 aliphatic carbocycles. The van der Waals surface area contributed by atoms with E-state index in [1.165, 1.54) is 5.71 Å². The van der Waals surface area contributed by atoms with Crippen molar-refractivity contribution >= 4 is 5.71 Å². The third-order valence-corrected chi connectivity index (χ3v) is 2.65. The molecule has 1 rings (SSSR count). The number of β-amino-alcohol motifs (C(OH)–C–C–N with tert-alkyl or cyclic N) is 1. The van der Waals surface area contributed by atoms with Crippen molar-refractivity contribution in [1.82, 2.24) is 4.90 Å². The van der Waals surface area contributed by atoms with Gasteiger partial charge in [0, 0.05) is 32.4 Å². The van der Waals surface area contributed by atoms with Crippen LogP contribution in [-0.4, -0.2) is 48.5 Å². The summed E-state index contributed by atoms with van der Waals surface area (Å²) in [7, 11) is 1.85. The van der Waals surface area contributed by atoms with Crippen LogP contribution >= 0.6 is 0 Å². The molecule has 0 aromatic heterocycles. The number of likely N-dealkylation sites (tertiary alicyclic amines) is 1. The van der Waals surface area contributed by atoms with Crippen molar-refractivity contribution in [3.63, 3.8) is 0 Å². The highest BCUT2D eigenvalue weighted by atomic mass is 16.3. The molecule has 0 aromatic carbocycles. The van der Waals surface area contributed by atoms with E-state index in [2.05, 4.69) is 23.7 Å². The third kappa shape index (κ3) is 3.76. The van der Waals surface area contributed by atoms with Crippen molar-refractivity contribution < 1.29 is 5.11 Å². The second-order valence-corrected chi connectivity index (χ2v) is 4.56. The number of aliphatic hydroxyl groups excluding tert-OH is 1. The number of nitrogens with zero attached hydrogens (tertiary/aromatic N) is 2. The number of aliphatic hydroxyl groups is 1. The smallest absolute Gasteiger partial charge is 0.0669 e. The van der Waals surface area contributed by atoms with E-state index in [9.17, 15) is 5.11 Å². The highest BCUT2D eigenvalue weighted by molar-refractivity contribution is 5.88. The SMILES string of the molecule is CN=C1CCN(CC(O)CC(C)C)C1. The molecule has 3 heteroatoms. The number of rotatable bonds is 4. The topological polar surface area (TPSA) is 35.8 Å². The molecular formula is C11H22N2O. The Bertz CT molecular complexity index is 201. The number of hydrogen-bond donors (Lipinski definition) is 1. The van der Waals surface area contributed by atoms with Crippen molar-refractivity contribution in [2.75, 3.05) is 26.7 Å². The molecule has 82 valence electrons. The van der Waals surface area contributed by atoms with Gasteiger partial charge in [0.15, 0.2) is 0 Å². The molecule has 0 radical (unpaired) electrons. The van der Waals surface area contributed by atoms with Gasteiger partial charge in [-0.2, -0.15) is 0 Å². The summed E-state index contributed by atoms with van der Waals surface area (Å²) in [6.45, 7) is 7.10. The fourth-order valence-electron chi connectivity index (χ4n) is 1.96. The molecule has 14 heavy (non-hydrogen) atoms. The fourth-order valence-corrected chi connectivity index (χ4v) is 1.96. The van der Waals surface area contributed by atoms with Gasteiger partial charge in [-0.3, -0.25) is 9.89 Å². The van der Waals surface area contributed by atoms with Gasteiger partial charge in [0.2, 0.25) is 0 Å². The Morgan fingerprint density at radius 3 is 2.71 bits per heavy atom. The summed E-state index contributed by atoms with van der Waals surface area (Å²) in [5, 5.41) is 9.76. The molecule has 0 amide bonds. The lowest BCUT2D eigenvalue weighted by atomic mass is 10.1. The molecule has 0 bridgehead atoms. The fraction of sp³-hybridized carbons (Fsp3) is 0.909. The summed E-state index contributed by atoms with van der Waals surface area (Å²) < 4.78 is 0. The Hall–Kier alpha value is -0.410. The Kier molecular flexibility index (Phi) is 4.55. The Balaban J connectivity index is 2.25. The lowest BCUT2D eigenvalue weighted by Crippen LogP contribution is -2.31. The van der Waals surface area contributed by atoms with Crippen molar-refractivity contribution in [2.45, 2.75) is 32.8 Å². The number of aliphatic imine (C=N–C) groups is 1. The zero-order chi connectivity index (χ0) is 10.6. The van der Waals surface area contributed by atoms with Crippen LogP contribution in [0.25, 0.3) is 0 Å². The Morgan fingerprint density at radius 2 is 2.21 bits per heavy atom. The van der Waals surface area contributed by atoms with Gasteiger partial charge in [0.05, 0.1) is 6.10 Å². The van der Waals surface area contributed by atoms with Crippen LogP contribution in [0.15, 0.2) is 4.99 Å². The van der Waals surface area contributed by atoms with Crippen molar-refractivity contribution in [3.8, 4) is 0 Å². The molecule has 0 spiro atoms. The molecular weight excluding hydrogens is 176 g/mol. The quantitative estimate of drug-likeness (QED) is 0.736.